The van der Waals surface area contributed by atoms with E-state index in [9.17, 15) is 14.7 Å². The van der Waals surface area contributed by atoms with E-state index in [0.717, 1.165) is 0 Å². The summed E-state index contributed by atoms with van der Waals surface area (Å²) in [7, 11) is 0. The van der Waals surface area contributed by atoms with Crippen molar-refractivity contribution in [2.45, 2.75) is 20.3 Å². The molecule has 0 atom stereocenters. The van der Waals surface area contributed by atoms with Crippen LogP contribution in [0.1, 0.15) is 19.4 Å². The third-order valence-electron chi connectivity index (χ3n) is 2.30. The second-order valence-corrected chi connectivity index (χ2v) is 3.91. The van der Waals surface area contributed by atoms with Gasteiger partial charge in [-0.25, -0.2) is 4.79 Å². The van der Waals surface area contributed by atoms with E-state index in [1.165, 1.54) is 6.08 Å². The van der Waals surface area contributed by atoms with Gasteiger partial charge in [-0.05, 0) is 25.5 Å². The van der Waals surface area contributed by atoms with Crippen molar-refractivity contribution in [2.24, 2.45) is 0 Å². The molecule has 0 spiro atoms. The quantitative estimate of drug-likeness (QED) is 0.367. The monoisotopic (exact) mass is 285 g/mol. The Labute approximate surface area is 140 Å². The van der Waals surface area contributed by atoms with Gasteiger partial charge in [0, 0.05) is 29.9 Å². The van der Waals surface area contributed by atoms with Crippen molar-refractivity contribution in [3.05, 3.63) is 41.6 Å². The van der Waals surface area contributed by atoms with E-state index >= 15 is 0 Å². The summed E-state index contributed by atoms with van der Waals surface area (Å²) in [6.45, 7) is 3.74. The molecule has 1 aromatic carbocycles. The first-order valence-corrected chi connectivity index (χ1v) is 5.92. The number of benzene rings is 1. The molecule has 102 valence electrons. The first-order valence-electron chi connectivity index (χ1n) is 5.92. The van der Waals surface area contributed by atoms with Crippen LogP contribution in [0, 0.1) is 0 Å². The number of anilines is 1. The average molecular weight is 285 g/mol. The molecule has 0 aliphatic heterocycles. The zero-order valence-corrected chi connectivity index (χ0v) is 13.9. The normalized spacial score (nSPS) is 10.4. The van der Waals surface area contributed by atoms with E-state index in [-0.39, 0.29) is 36.0 Å². The van der Waals surface area contributed by atoms with Crippen LogP contribution in [0.15, 0.2) is 36.0 Å². The topological polar surface area (TPSA) is 78.5 Å². The zero-order valence-electron chi connectivity index (χ0n) is 11.9. The molecule has 6 heteroatoms. The molecule has 0 aliphatic rings. The number of carbonyl (C=O) groups excluding carboxylic acids is 2. The maximum atomic E-state index is 11.3. The minimum atomic E-state index is -1.15. The standard InChI is InChI=1S/C14H17NO4.Na/c1-3-19-14(18)8-10(2)15-12-7-5-4-6-11(12)9-13(16)17;/h4-8,15H,3,9H2,1-2H3,(H,16,17);/q;+1/p-1/b10-8+;. The SMILES string of the molecule is CCOC(=O)/C=C(\C)Nc1ccccc1CC(=O)[O-].[Na+]. The number of carboxylic acid groups (broad SMARTS) is 1. The Bertz CT molecular complexity index is 500. The fraction of sp³-hybridized carbons (Fsp3) is 0.286. The summed E-state index contributed by atoms with van der Waals surface area (Å²) >= 11 is 0. The third kappa shape index (κ3) is 6.75. The molecule has 0 aromatic heterocycles. The Morgan fingerprint density at radius 1 is 1.35 bits per heavy atom. The van der Waals surface area contributed by atoms with Gasteiger partial charge in [-0.3, -0.25) is 0 Å². The maximum Gasteiger partial charge on any atom is 1.00 e. The van der Waals surface area contributed by atoms with Gasteiger partial charge in [-0.15, -0.1) is 0 Å². The van der Waals surface area contributed by atoms with Gasteiger partial charge in [0.1, 0.15) is 0 Å². The predicted molar refractivity (Wildman–Crippen MR) is 69.2 cm³/mol. The predicted octanol–water partition coefficient (Wildman–Crippen LogP) is -2.14. The zero-order chi connectivity index (χ0) is 14.3. The first kappa shape index (κ1) is 18.7. The Morgan fingerprint density at radius 2 is 2.00 bits per heavy atom. The Kier molecular flexibility index (Phi) is 8.96. The number of rotatable bonds is 6. The number of hydrogen-bond donors (Lipinski definition) is 1. The smallest absolute Gasteiger partial charge is 0.550 e. The van der Waals surface area contributed by atoms with E-state index in [0.29, 0.717) is 23.6 Å². The molecule has 1 N–H and O–H groups in total. The van der Waals surface area contributed by atoms with Crippen molar-refractivity contribution in [3.63, 3.8) is 0 Å². The molecule has 0 fully saturated rings. The summed E-state index contributed by atoms with van der Waals surface area (Å²) < 4.78 is 4.79. The molecule has 20 heavy (non-hydrogen) atoms. The molecule has 1 aromatic rings. The van der Waals surface area contributed by atoms with Crippen LogP contribution in [-0.4, -0.2) is 18.5 Å². The van der Waals surface area contributed by atoms with Gasteiger partial charge in [-0.1, -0.05) is 18.2 Å². The van der Waals surface area contributed by atoms with E-state index in [1.807, 2.05) is 0 Å². The van der Waals surface area contributed by atoms with Gasteiger partial charge in [0.15, 0.2) is 0 Å². The van der Waals surface area contributed by atoms with Crippen molar-refractivity contribution in [1.82, 2.24) is 0 Å². The molecule has 5 nitrogen and oxygen atoms in total. The number of allylic oxidation sites excluding steroid dienone is 1. The number of carbonyl (C=O) groups is 2. The fourth-order valence-electron chi connectivity index (χ4n) is 1.56. The molecule has 0 unspecified atom stereocenters. The van der Waals surface area contributed by atoms with E-state index in [1.54, 1.807) is 38.1 Å². The van der Waals surface area contributed by atoms with E-state index < -0.39 is 11.9 Å². The largest absolute Gasteiger partial charge is 1.00 e. The summed E-state index contributed by atoms with van der Waals surface area (Å²) in [6.07, 6.45) is 1.13. The van der Waals surface area contributed by atoms with Crippen molar-refractivity contribution < 1.29 is 49.0 Å². The molecule has 0 bridgehead atoms. The van der Waals surface area contributed by atoms with Crippen LogP contribution in [0.3, 0.4) is 0 Å². The number of nitrogens with one attached hydrogen (secondary N) is 1. The van der Waals surface area contributed by atoms with Gasteiger partial charge in [-0.2, -0.15) is 0 Å². The van der Waals surface area contributed by atoms with E-state index in [4.69, 9.17) is 4.74 Å². The van der Waals surface area contributed by atoms with Crippen LogP contribution in [0.4, 0.5) is 5.69 Å². The summed E-state index contributed by atoms with van der Waals surface area (Å²) in [6, 6.07) is 6.95. The Hall–Kier alpha value is -1.30. The maximum absolute atomic E-state index is 11.3. The molecule has 0 amide bonds. The number of aliphatic carboxylic acids is 1. The van der Waals surface area contributed by atoms with Crippen LogP contribution in [0.2, 0.25) is 0 Å². The molecular formula is C14H16NNaO4. The van der Waals surface area contributed by atoms with Crippen LogP contribution in [0.25, 0.3) is 0 Å². The number of hydrogen-bond acceptors (Lipinski definition) is 5. The third-order valence-corrected chi connectivity index (χ3v) is 2.30. The summed E-state index contributed by atoms with van der Waals surface area (Å²) in [5.41, 5.74) is 1.80. The van der Waals surface area contributed by atoms with Gasteiger partial charge < -0.3 is 20.0 Å². The Balaban J connectivity index is 0.00000361. The van der Waals surface area contributed by atoms with Gasteiger partial charge in [0.05, 0.1) is 6.61 Å². The van der Waals surface area contributed by atoms with Crippen molar-refractivity contribution in [3.8, 4) is 0 Å². The summed E-state index contributed by atoms with van der Waals surface area (Å²) in [5.74, 6) is -1.59. The second-order valence-electron chi connectivity index (χ2n) is 3.91. The molecule has 0 radical (unpaired) electrons. The minimum absolute atomic E-state index is 0. The number of para-hydroxylation sites is 1. The molecule has 0 heterocycles. The minimum Gasteiger partial charge on any atom is -0.550 e. The number of ether oxygens (including phenoxy) is 1. The van der Waals surface area contributed by atoms with Crippen molar-refractivity contribution in [1.29, 1.82) is 0 Å². The van der Waals surface area contributed by atoms with Gasteiger partial charge in [0.25, 0.3) is 0 Å². The van der Waals surface area contributed by atoms with Crippen LogP contribution < -0.4 is 40.0 Å². The summed E-state index contributed by atoms with van der Waals surface area (Å²) in [5, 5.41) is 13.6. The molecule has 0 aliphatic carbocycles. The van der Waals surface area contributed by atoms with Crippen molar-refractivity contribution >= 4 is 17.6 Å². The number of carboxylic acids is 1. The second kappa shape index (κ2) is 9.58. The molecule has 0 saturated heterocycles. The molecule has 0 saturated carbocycles. The molecule has 1 rings (SSSR count). The fourth-order valence-corrected chi connectivity index (χ4v) is 1.56. The van der Waals surface area contributed by atoms with Crippen molar-refractivity contribution in [2.75, 3.05) is 11.9 Å². The van der Waals surface area contributed by atoms with Crippen LogP contribution >= 0.6 is 0 Å². The average Bonchev–Trinajstić information content (AvgIpc) is 2.31. The van der Waals surface area contributed by atoms with Crippen LogP contribution in [-0.2, 0) is 20.7 Å². The number of esters is 1. The summed E-state index contributed by atoms with van der Waals surface area (Å²) in [4.78, 5) is 21.9. The van der Waals surface area contributed by atoms with Gasteiger partial charge >= 0.3 is 35.5 Å². The molecular weight excluding hydrogens is 269 g/mol. The first-order chi connectivity index (χ1) is 9.02. The van der Waals surface area contributed by atoms with E-state index in [2.05, 4.69) is 5.32 Å². The van der Waals surface area contributed by atoms with Gasteiger partial charge in [0.2, 0.25) is 0 Å². The van der Waals surface area contributed by atoms with Crippen LogP contribution in [0.5, 0.6) is 0 Å². The Morgan fingerprint density at radius 3 is 2.60 bits per heavy atom.